The Bertz CT molecular complexity index is 634. The third-order valence-corrected chi connectivity index (χ3v) is 3.99. The average molecular weight is 311 g/mol. The molecule has 0 spiro atoms. The molecule has 1 unspecified atom stereocenters. The standard InChI is InChI=1S/C20H25NO2/c1-16-10-12-19(13-11-16)20(23-17(2)22,14-15-21(3)4)18-8-6-5-7-9-18/h5-13H,14-15H2,1-4H3. The zero-order valence-electron chi connectivity index (χ0n) is 14.4. The molecule has 1 atom stereocenters. The van der Waals surface area contributed by atoms with Crippen LogP contribution < -0.4 is 0 Å². The number of ether oxygens (including phenoxy) is 1. The number of carbonyl (C=O) groups is 1. The summed E-state index contributed by atoms with van der Waals surface area (Å²) in [6, 6.07) is 18.2. The van der Waals surface area contributed by atoms with Gasteiger partial charge in [0.05, 0.1) is 0 Å². The third kappa shape index (κ3) is 4.20. The molecule has 0 aliphatic heterocycles. The first-order valence-electron chi connectivity index (χ1n) is 7.91. The number of benzene rings is 2. The van der Waals surface area contributed by atoms with Crippen LogP contribution in [0, 0.1) is 6.92 Å². The van der Waals surface area contributed by atoms with Gasteiger partial charge in [0, 0.05) is 31.0 Å². The number of nitrogens with zero attached hydrogens (tertiary/aromatic N) is 1. The zero-order valence-corrected chi connectivity index (χ0v) is 14.4. The van der Waals surface area contributed by atoms with Gasteiger partial charge in [0.2, 0.25) is 0 Å². The van der Waals surface area contributed by atoms with Gasteiger partial charge in [-0.1, -0.05) is 60.2 Å². The number of esters is 1. The van der Waals surface area contributed by atoms with Gasteiger partial charge in [0.15, 0.2) is 5.60 Å². The fourth-order valence-electron chi connectivity index (χ4n) is 2.78. The largest absolute Gasteiger partial charge is 0.449 e. The monoisotopic (exact) mass is 311 g/mol. The highest BCUT2D eigenvalue weighted by Crippen LogP contribution is 2.37. The van der Waals surface area contributed by atoms with Crippen molar-refractivity contribution in [3.05, 3.63) is 71.3 Å². The van der Waals surface area contributed by atoms with E-state index < -0.39 is 5.60 Å². The van der Waals surface area contributed by atoms with Crippen LogP contribution in [0.25, 0.3) is 0 Å². The Hall–Kier alpha value is -2.13. The maximum atomic E-state index is 11.9. The summed E-state index contributed by atoms with van der Waals surface area (Å²) in [6.07, 6.45) is 0.701. The molecule has 0 saturated carbocycles. The molecule has 122 valence electrons. The van der Waals surface area contributed by atoms with Crippen molar-refractivity contribution < 1.29 is 9.53 Å². The number of rotatable bonds is 6. The van der Waals surface area contributed by atoms with E-state index in [0.717, 1.165) is 17.7 Å². The van der Waals surface area contributed by atoms with E-state index in [1.165, 1.54) is 12.5 Å². The molecule has 2 aromatic rings. The van der Waals surface area contributed by atoms with Crippen molar-refractivity contribution in [3.63, 3.8) is 0 Å². The van der Waals surface area contributed by atoms with Gasteiger partial charge >= 0.3 is 5.97 Å². The summed E-state index contributed by atoms with van der Waals surface area (Å²) >= 11 is 0. The van der Waals surface area contributed by atoms with E-state index in [4.69, 9.17) is 4.74 Å². The molecule has 0 radical (unpaired) electrons. The highest BCUT2D eigenvalue weighted by Gasteiger charge is 2.37. The van der Waals surface area contributed by atoms with Gasteiger partial charge in [-0.15, -0.1) is 0 Å². The topological polar surface area (TPSA) is 29.5 Å². The minimum atomic E-state index is -0.759. The first-order chi connectivity index (χ1) is 10.9. The van der Waals surface area contributed by atoms with Crippen LogP contribution in [0.2, 0.25) is 0 Å². The lowest BCUT2D eigenvalue weighted by atomic mass is 9.82. The number of hydrogen-bond acceptors (Lipinski definition) is 3. The molecule has 0 fully saturated rings. The van der Waals surface area contributed by atoms with Crippen molar-refractivity contribution in [2.45, 2.75) is 25.9 Å². The number of carbonyl (C=O) groups excluding carboxylic acids is 1. The second-order valence-electron chi connectivity index (χ2n) is 6.21. The highest BCUT2D eigenvalue weighted by molar-refractivity contribution is 5.67. The Morgan fingerprint density at radius 1 is 1.00 bits per heavy atom. The van der Waals surface area contributed by atoms with Crippen molar-refractivity contribution in [3.8, 4) is 0 Å². The molecule has 0 saturated heterocycles. The third-order valence-electron chi connectivity index (χ3n) is 3.99. The second-order valence-corrected chi connectivity index (χ2v) is 6.21. The minimum absolute atomic E-state index is 0.270. The predicted octanol–water partition coefficient (Wildman–Crippen LogP) is 3.75. The fourth-order valence-corrected chi connectivity index (χ4v) is 2.78. The van der Waals surface area contributed by atoms with Crippen LogP contribution in [0.4, 0.5) is 0 Å². The summed E-state index contributed by atoms with van der Waals surface area (Å²) < 4.78 is 5.93. The first-order valence-corrected chi connectivity index (χ1v) is 7.91. The predicted molar refractivity (Wildman–Crippen MR) is 93.3 cm³/mol. The van der Waals surface area contributed by atoms with E-state index in [0.29, 0.717) is 6.42 Å². The van der Waals surface area contributed by atoms with Crippen LogP contribution in [-0.2, 0) is 15.1 Å². The van der Waals surface area contributed by atoms with Gasteiger partial charge in [-0.3, -0.25) is 4.79 Å². The SMILES string of the molecule is CC(=O)OC(CCN(C)C)(c1ccccc1)c1ccc(C)cc1. The van der Waals surface area contributed by atoms with Crippen LogP contribution >= 0.6 is 0 Å². The average Bonchev–Trinajstić information content (AvgIpc) is 2.52. The highest BCUT2D eigenvalue weighted by atomic mass is 16.6. The Morgan fingerprint density at radius 2 is 1.57 bits per heavy atom. The molecule has 0 N–H and O–H groups in total. The van der Waals surface area contributed by atoms with Crippen molar-refractivity contribution in [2.75, 3.05) is 20.6 Å². The zero-order chi connectivity index (χ0) is 16.9. The molecule has 0 bridgehead atoms. The molecule has 2 rings (SSSR count). The van der Waals surface area contributed by atoms with E-state index in [9.17, 15) is 4.79 Å². The lowest BCUT2D eigenvalue weighted by Crippen LogP contribution is -2.36. The Labute approximate surface area is 138 Å². The molecule has 0 heterocycles. The van der Waals surface area contributed by atoms with E-state index in [-0.39, 0.29) is 5.97 Å². The van der Waals surface area contributed by atoms with E-state index in [1.807, 2.05) is 44.4 Å². The maximum Gasteiger partial charge on any atom is 0.303 e. The van der Waals surface area contributed by atoms with Crippen molar-refractivity contribution >= 4 is 5.97 Å². The van der Waals surface area contributed by atoms with Gasteiger partial charge in [-0.25, -0.2) is 0 Å². The molecule has 0 aliphatic carbocycles. The van der Waals surface area contributed by atoms with Gasteiger partial charge in [-0.2, -0.15) is 0 Å². The van der Waals surface area contributed by atoms with Crippen LogP contribution in [0.3, 0.4) is 0 Å². The van der Waals surface area contributed by atoms with Crippen LogP contribution in [0.15, 0.2) is 54.6 Å². The van der Waals surface area contributed by atoms with E-state index in [2.05, 4.69) is 36.1 Å². The molecule has 0 aromatic heterocycles. The van der Waals surface area contributed by atoms with Gasteiger partial charge < -0.3 is 9.64 Å². The molecular weight excluding hydrogens is 286 g/mol. The second kappa shape index (κ2) is 7.42. The van der Waals surface area contributed by atoms with Crippen molar-refractivity contribution in [1.29, 1.82) is 0 Å². The summed E-state index contributed by atoms with van der Waals surface area (Å²) in [6.45, 7) is 4.34. The summed E-state index contributed by atoms with van der Waals surface area (Å²) in [7, 11) is 4.05. The molecular formula is C20H25NO2. The summed E-state index contributed by atoms with van der Waals surface area (Å²) in [4.78, 5) is 14.0. The quantitative estimate of drug-likeness (QED) is 0.761. The normalized spacial score (nSPS) is 13.6. The molecule has 3 nitrogen and oxygen atoms in total. The minimum Gasteiger partial charge on any atom is -0.449 e. The van der Waals surface area contributed by atoms with E-state index >= 15 is 0 Å². The molecule has 3 heteroatoms. The van der Waals surface area contributed by atoms with Gasteiger partial charge in [-0.05, 0) is 21.0 Å². The van der Waals surface area contributed by atoms with Gasteiger partial charge in [0.25, 0.3) is 0 Å². The van der Waals surface area contributed by atoms with Crippen molar-refractivity contribution in [1.82, 2.24) is 4.90 Å². The lowest BCUT2D eigenvalue weighted by molar-refractivity contribution is -0.155. The van der Waals surface area contributed by atoms with Gasteiger partial charge in [0.1, 0.15) is 0 Å². The Balaban J connectivity index is 2.57. The molecule has 23 heavy (non-hydrogen) atoms. The molecule has 2 aromatic carbocycles. The summed E-state index contributed by atoms with van der Waals surface area (Å²) in [5, 5.41) is 0. The molecule has 0 amide bonds. The lowest BCUT2D eigenvalue weighted by Gasteiger charge is -2.35. The van der Waals surface area contributed by atoms with Crippen molar-refractivity contribution in [2.24, 2.45) is 0 Å². The Kier molecular flexibility index (Phi) is 5.56. The fraction of sp³-hybridized carbons (Fsp3) is 0.350. The first kappa shape index (κ1) is 17.2. The smallest absolute Gasteiger partial charge is 0.303 e. The molecule has 0 aliphatic rings. The maximum absolute atomic E-state index is 11.9. The number of hydrogen-bond donors (Lipinski definition) is 0. The van der Waals surface area contributed by atoms with Crippen LogP contribution in [0.1, 0.15) is 30.0 Å². The Morgan fingerprint density at radius 3 is 2.09 bits per heavy atom. The summed E-state index contributed by atoms with van der Waals surface area (Å²) in [5.41, 5.74) is 2.43. The summed E-state index contributed by atoms with van der Waals surface area (Å²) in [5.74, 6) is -0.270. The van der Waals surface area contributed by atoms with Crippen LogP contribution in [-0.4, -0.2) is 31.5 Å². The van der Waals surface area contributed by atoms with Crippen LogP contribution in [0.5, 0.6) is 0 Å². The van der Waals surface area contributed by atoms with E-state index in [1.54, 1.807) is 0 Å². The number of aryl methyl sites for hydroxylation is 1.